The molecule has 0 saturated carbocycles. The first kappa shape index (κ1) is 30.1. The van der Waals surface area contributed by atoms with Gasteiger partial charge >= 0.3 is 0 Å². The van der Waals surface area contributed by atoms with E-state index in [2.05, 4.69) is 20.6 Å². The first-order valence-electron chi connectivity index (χ1n) is 13.6. The molecule has 0 aliphatic carbocycles. The lowest BCUT2D eigenvalue weighted by molar-refractivity contribution is -0.139. The number of anilines is 2. The zero-order valence-electron chi connectivity index (χ0n) is 23.1. The van der Waals surface area contributed by atoms with Crippen LogP contribution in [-0.2, 0) is 27.3 Å². The van der Waals surface area contributed by atoms with Crippen molar-refractivity contribution >= 4 is 51.5 Å². The Labute approximate surface area is 250 Å². The molecule has 10 nitrogen and oxygen atoms in total. The monoisotopic (exact) mass is 610 g/mol. The second-order valence-corrected chi connectivity index (χ2v) is 10.8. The molecule has 1 aliphatic heterocycles. The van der Waals surface area contributed by atoms with Crippen LogP contribution in [-0.4, -0.2) is 67.5 Å². The minimum absolute atomic E-state index is 0.0264. The largest absolute Gasteiger partial charge is 0.394 e. The molecule has 2 aromatic heterocycles. The molecule has 0 unspecified atom stereocenters. The van der Waals surface area contributed by atoms with Gasteiger partial charge < -0.3 is 25.2 Å². The Balaban J connectivity index is 1.37. The van der Waals surface area contributed by atoms with Gasteiger partial charge in [0.15, 0.2) is 0 Å². The maximum atomic E-state index is 14.6. The predicted octanol–water partition coefficient (Wildman–Crippen LogP) is 3.89. The van der Waals surface area contributed by atoms with E-state index in [1.165, 1.54) is 31.5 Å². The Bertz CT molecular complexity index is 1670. The van der Waals surface area contributed by atoms with E-state index in [1.807, 2.05) is 12.1 Å². The standard InChI is InChI=1S/C30H29ClF2N6O4/c1-17(41)7-18-12-38(26-6-5-20(9-23(18)26)36-21-10-34-16-35-11-21)14-28(42)39-13-19(32)8-27(39)30(43)37-25(15-40)22-3-2-4-24(31)29(22)33/h2-6,9-12,16,19,25,27,36,40H,7-8,13-15H2,1H3,(H,37,43)/t19-,25+,27+/m1/s1. The summed E-state index contributed by atoms with van der Waals surface area (Å²) in [6, 6.07) is 7.35. The lowest BCUT2D eigenvalue weighted by Gasteiger charge is -2.26. The summed E-state index contributed by atoms with van der Waals surface area (Å²) in [5, 5.41) is 16.2. The highest BCUT2D eigenvalue weighted by Crippen LogP contribution is 2.29. The second kappa shape index (κ2) is 12.8. The summed E-state index contributed by atoms with van der Waals surface area (Å²) in [7, 11) is 0. The Hall–Kier alpha value is -4.42. The summed E-state index contributed by atoms with van der Waals surface area (Å²) in [5.41, 5.74) is 2.75. The Kier molecular flexibility index (Phi) is 8.97. The topological polar surface area (TPSA) is 129 Å². The predicted molar refractivity (Wildman–Crippen MR) is 156 cm³/mol. The molecule has 2 amide bonds. The van der Waals surface area contributed by atoms with Crippen molar-refractivity contribution in [2.45, 2.75) is 44.6 Å². The summed E-state index contributed by atoms with van der Waals surface area (Å²) in [6.45, 7) is 0.335. The molecule has 4 aromatic rings. The number of halogens is 3. The number of carbonyl (C=O) groups is 3. The van der Waals surface area contributed by atoms with Gasteiger partial charge in [-0.3, -0.25) is 14.4 Å². The van der Waals surface area contributed by atoms with Gasteiger partial charge in [-0.15, -0.1) is 0 Å². The molecule has 3 atom stereocenters. The first-order valence-corrected chi connectivity index (χ1v) is 13.9. The molecule has 5 rings (SSSR count). The summed E-state index contributed by atoms with van der Waals surface area (Å²) in [6.07, 6.45) is 4.81. The number of hydrogen-bond donors (Lipinski definition) is 3. The van der Waals surface area contributed by atoms with Gasteiger partial charge in [0.05, 0.1) is 42.3 Å². The number of benzene rings is 2. The first-order chi connectivity index (χ1) is 20.6. The van der Waals surface area contributed by atoms with Crippen molar-refractivity contribution in [3.63, 3.8) is 0 Å². The molecule has 43 heavy (non-hydrogen) atoms. The van der Waals surface area contributed by atoms with Crippen molar-refractivity contribution in [2.75, 3.05) is 18.5 Å². The number of alkyl halides is 1. The van der Waals surface area contributed by atoms with E-state index in [0.29, 0.717) is 16.8 Å². The van der Waals surface area contributed by atoms with Crippen LogP contribution < -0.4 is 10.6 Å². The molecule has 0 spiro atoms. The Morgan fingerprint density at radius 2 is 1.93 bits per heavy atom. The van der Waals surface area contributed by atoms with Crippen molar-refractivity contribution in [1.82, 2.24) is 24.8 Å². The quantitative estimate of drug-likeness (QED) is 0.248. The highest BCUT2D eigenvalue weighted by molar-refractivity contribution is 6.30. The van der Waals surface area contributed by atoms with Gasteiger partial charge in [-0.1, -0.05) is 23.7 Å². The van der Waals surface area contributed by atoms with Crippen LogP contribution in [0.4, 0.5) is 20.2 Å². The van der Waals surface area contributed by atoms with Crippen LogP contribution in [0.1, 0.15) is 30.5 Å². The zero-order chi connectivity index (χ0) is 30.7. The number of likely N-dealkylation sites (tertiary alicyclic amines) is 1. The van der Waals surface area contributed by atoms with Crippen molar-refractivity contribution in [2.24, 2.45) is 0 Å². The molecule has 1 saturated heterocycles. The number of carbonyl (C=O) groups excluding carboxylic acids is 3. The number of aromatic nitrogens is 3. The van der Waals surface area contributed by atoms with Crippen LogP contribution in [0, 0.1) is 5.82 Å². The van der Waals surface area contributed by atoms with Crippen LogP contribution in [0.5, 0.6) is 0 Å². The minimum atomic E-state index is -1.44. The fourth-order valence-electron chi connectivity index (χ4n) is 5.34. The zero-order valence-corrected chi connectivity index (χ0v) is 23.9. The Morgan fingerprint density at radius 1 is 1.16 bits per heavy atom. The number of hydrogen-bond acceptors (Lipinski definition) is 7. The molecule has 13 heteroatoms. The average Bonchev–Trinajstić information content (AvgIpc) is 3.53. The lowest BCUT2D eigenvalue weighted by Crippen LogP contribution is -2.48. The van der Waals surface area contributed by atoms with Crippen molar-refractivity contribution < 1.29 is 28.3 Å². The van der Waals surface area contributed by atoms with E-state index < -0.39 is 42.5 Å². The van der Waals surface area contributed by atoms with Crippen molar-refractivity contribution in [3.8, 4) is 0 Å². The van der Waals surface area contributed by atoms with Gasteiger partial charge in [0.25, 0.3) is 0 Å². The van der Waals surface area contributed by atoms with Crippen LogP contribution in [0.25, 0.3) is 10.9 Å². The van der Waals surface area contributed by atoms with E-state index in [1.54, 1.807) is 29.2 Å². The molecule has 3 N–H and O–H groups in total. The van der Waals surface area contributed by atoms with Crippen LogP contribution in [0.15, 0.2) is 61.3 Å². The molecule has 1 fully saturated rings. The average molecular weight is 611 g/mol. The van der Waals surface area contributed by atoms with Crippen LogP contribution in [0.3, 0.4) is 0 Å². The fraction of sp³-hybridized carbons (Fsp3) is 0.300. The summed E-state index contributed by atoms with van der Waals surface area (Å²) in [4.78, 5) is 47.9. The smallest absolute Gasteiger partial charge is 0.243 e. The van der Waals surface area contributed by atoms with Gasteiger partial charge in [-0.05, 0) is 36.8 Å². The molecule has 2 aromatic carbocycles. The molecular formula is C30H29ClF2N6O4. The third-order valence-corrected chi connectivity index (χ3v) is 7.58. The van der Waals surface area contributed by atoms with Gasteiger partial charge in [0.2, 0.25) is 11.8 Å². The minimum Gasteiger partial charge on any atom is -0.394 e. The summed E-state index contributed by atoms with van der Waals surface area (Å²) in [5.74, 6) is -2.08. The molecule has 1 aliphatic rings. The maximum absolute atomic E-state index is 14.6. The van der Waals surface area contributed by atoms with E-state index >= 15 is 0 Å². The highest BCUT2D eigenvalue weighted by atomic mass is 35.5. The number of nitrogens with zero attached hydrogens (tertiary/aromatic N) is 4. The van der Waals surface area contributed by atoms with Gasteiger partial charge in [-0.25, -0.2) is 18.7 Å². The van der Waals surface area contributed by atoms with Crippen molar-refractivity contribution in [3.05, 3.63) is 83.3 Å². The summed E-state index contributed by atoms with van der Waals surface area (Å²) >= 11 is 5.85. The highest BCUT2D eigenvalue weighted by Gasteiger charge is 2.40. The third-order valence-electron chi connectivity index (χ3n) is 7.29. The number of aliphatic hydroxyl groups excluding tert-OH is 1. The van der Waals surface area contributed by atoms with Gasteiger partial charge in [-0.2, -0.15) is 0 Å². The number of nitrogens with one attached hydrogen (secondary N) is 2. The number of aliphatic hydroxyl groups is 1. The normalized spacial score (nSPS) is 17.2. The third kappa shape index (κ3) is 6.65. The number of Topliss-reactive ketones (excluding diaryl/α,β-unsaturated/α-hetero) is 1. The SMILES string of the molecule is CC(=O)Cc1cn(CC(=O)N2C[C@H](F)C[C@H]2C(=O)N[C@@H](CO)c2cccc(Cl)c2F)c2ccc(Nc3cncnc3)cc12. The van der Waals surface area contributed by atoms with E-state index in [9.17, 15) is 28.3 Å². The Morgan fingerprint density at radius 3 is 2.65 bits per heavy atom. The van der Waals surface area contributed by atoms with Gasteiger partial charge in [0.1, 0.15) is 36.7 Å². The molecule has 3 heterocycles. The number of rotatable bonds is 10. The lowest BCUT2D eigenvalue weighted by atomic mass is 10.1. The molecule has 0 bridgehead atoms. The van der Waals surface area contributed by atoms with E-state index in [-0.39, 0.29) is 42.3 Å². The van der Waals surface area contributed by atoms with Crippen molar-refractivity contribution in [1.29, 1.82) is 0 Å². The maximum Gasteiger partial charge on any atom is 0.243 e. The van der Waals surface area contributed by atoms with Crippen LogP contribution in [0.2, 0.25) is 5.02 Å². The van der Waals surface area contributed by atoms with E-state index in [0.717, 1.165) is 16.0 Å². The number of amides is 2. The number of ketones is 1. The number of fused-ring (bicyclic) bond motifs is 1. The van der Waals surface area contributed by atoms with Gasteiger partial charge in [0, 0.05) is 41.2 Å². The molecule has 0 radical (unpaired) electrons. The van der Waals surface area contributed by atoms with E-state index in [4.69, 9.17) is 11.6 Å². The fourth-order valence-corrected chi connectivity index (χ4v) is 5.53. The molecule has 224 valence electrons. The summed E-state index contributed by atoms with van der Waals surface area (Å²) < 4.78 is 30.8. The second-order valence-electron chi connectivity index (χ2n) is 10.4. The van der Waals surface area contributed by atoms with Crippen LogP contribution >= 0.6 is 11.6 Å². The molecular weight excluding hydrogens is 582 g/mol.